The first-order valence-electron chi connectivity index (χ1n) is 11.0. The molecule has 3 rings (SSSR count). The Morgan fingerprint density at radius 3 is 2.06 bits per heavy atom. The Kier molecular flexibility index (Phi) is 7.90. The highest BCUT2D eigenvalue weighted by molar-refractivity contribution is 5.28. The summed E-state index contributed by atoms with van der Waals surface area (Å²) in [5, 5.41) is 0. The molecular weight excluding hydrogens is 407 g/mol. The summed E-state index contributed by atoms with van der Waals surface area (Å²) in [5.41, 5.74) is 4.15. The van der Waals surface area contributed by atoms with Crippen LogP contribution in [-0.4, -0.2) is 6.18 Å². The lowest BCUT2D eigenvalue weighted by Gasteiger charge is -2.27. The molecular formula is C26H29F5. The van der Waals surface area contributed by atoms with Gasteiger partial charge in [0.2, 0.25) is 0 Å². The summed E-state index contributed by atoms with van der Waals surface area (Å²) in [6, 6.07) is 13.9. The lowest BCUT2D eigenvalue weighted by molar-refractivity contribution is -0.109. The lowest BCUT2D eigenvalue weighted by atomic mass is 9.78. The number of benzene rings is 2. The summed E-state index contributed by atoms with van der Waals surface area (Å²) in [6.45, 7) is 2.07. The number of allylic oxidation sites excluding steroid dienone is 2. The predicted octanol–water partition coefficient (Wildman–Crippen LogP) is 8.39. The Labute approximate surface area is 181 Å². The van der Waals surface area contributed by atoms with Crippen LogP contribution in [0.15, 0.2) is 54.4 Å². The fraction of sp³-hybridized carbons (Fsp3) is 0.462. The molecule has 1 saturated carbocycles. The molecule has 1 aliphatic rings. The quantitative estimate of drug-likeness (QED) is 0.302. The van der Waals surface area contributed by atoms with E-state index in [9.17, 15) is 22.0 Å². The second-order valence-electron chi connectivity index (χ2n) is 8.67. The summed E-state index contributed by atoms with van der Waals surface area (Å²) < 4.78 is 64.9. The number of hydrogen-bond acceptors (Lipinski definition) is 0. The summed E-state index contributed by atoms with van der Waals surface area (Å²) in [4.78, 5) is 0. The molecule has 0 heterocycles. The molecule has 5 heteroatoms. The van der Waals surface area contributed by atoms with Gasteiger partial charge in [0.25, 0.3) is 0 Å². The van der Waals surface area contributed by atoms with E-state index in [0.29, 0.717) is 37.3 Å². The van der Waals surface area contributed by atoms with Crippen molar-refractivity contribution < 1.29 is 22.0 Å². The van der Waals surface area contributed by atoms with Crippen LogP contribution in [0, 0.1) is 18.7 Å². The molecule has 168 valence electrons. The maximum Gasteiger partial charge on any atom is 0.442 e. The molecule has 0 aliphatic heterocycles. The number of aryl methyl sites for hydroxylation is 3. The average molecular weight is 437 g/mol. The molecule has 0 radical (unpaired) electrons. The first-order chi connectivity index (χ1) is 14.7. The van der Waals surface area contributed by atoms with Crippen molar-refractivity contribution in [2.75, 3.05) is 0 Å². The third-order valence-electron chi connectivity index (χ3n) is 6.23. The molecule has 0 saturated heterocycles. The number of hydrogen-bond donors (Lipinski definition) is 0. The van der Waals surface area contributed by atoms with Crippen molar-refractivity contribution >= 4 is 0 Å². The smallest absolute Gasteiger partial charge is 0.207 e. The second-order valence-corrected chi connectivity index (χ2v) is 8.67. The van der Waals surface area contributed by atoms with Gasteiger partial charge in [-0.2, -0.15) is 13.2 Å². The van der Waals surface area contributed by atoms with E-state index in [0.717, 1.165) is 31.2 Å². The molecule has 0 bridgehead atoms. The van der Waals surface area contributed by atoms with Crippen LogP contribution in [0.3, 0.4) is 0 Å². The van der Waals surface area contributed by atoms with Gasteiger partial charge in [-0.25, -0.2) is 8.78 Å². The molecule has 0 unspecified atom stereocenters. The van der Waals surface area contributed by atoms with Crippen LogP contribution in [-0.2, 0) is 12.8 Å². The van der Waals surface area contributed by atoms with Gasteiger partial charge in [-0.05, 0) is 99.0 Å². The van der Waals surface area contributed by atoms with Gasteiger partial charge in [-0.3, -0.25) is 0 Å². The third-order valence-corrected chi connectivity index (χ3v) is 6.23. The van der Waals surface area contributed by atoms with Gasteiger partial charge in [0.1, 0.15) is 5.82 Å². The molecule has 0 atom stereocenters. The topological polar surface area (TPSA) is 0 Å². The standard InChI is InChI=1S/C26H29F5/c1-18-6-8-19(9-7-18)4-2-3-5-20-12-15-23(24(27)16-20)22-13-10-21(11-14-22)17-25(28)26(29,30)31/h6-9,12,15-17,21-22H,2-5,10-11,13-14H2,1H3. The predicted molar refractivity (Wildman–Crippen MR) is 114 cm³/mol. The van der Waals surface area contributed by atoms with Crippen molar-refractivity contribution in [3.8, 4) is 0 Å². The van der Waals surface area contributed by atoms with Crippen LogP contribution in [0.25, 0.3) is 0 Å². The van der Waals surface area contributed by atoms with Gasteiger partial charge in [-0.1, -0.05) is 42.0 Å². The van der Waals surface area contributed by atoms with Crippen molar-refractivity contribution in [2.24, 2.45) is 5.92 Å². The van der Waals surface area contributed by atoms with Crippen molar-refractivity contribution in [3.63, 3.8) is 0 Å². The number of halogens is 5. The van der Waals surface area contributed by atoms with Crippen molar-refractivity contribution in [1.29, 1.82) is 0 Å². The number of rotatable bonds is 7. The summed E-state index contributed by atoms with van der Waals surface area (Å²) in [6.07, 6.45) is 1.63. The summed E-state index contributed by atoms with van der Waals surface area (Å²) in [7, 11) is 0. The first kappa shape index (κ1) is 23.5. The highest BCUT2D eigenvalue weighted by Gasteiger charge is 2.35. The Balaban J connectivity index is 1.48. The molecule has 0 nitrogen and oxygen atoms in total. The van der Waals surface area contributed by atoms with Crippen LogP contribution < -0.4 is 0 Å². The van der Waals surface area contributed by atoms with E-state index in [2.05, 4.69) is 31.2 Å². The minimum Gasteiger partial charge on any atom is -0.207 e. The molecule has 2 aromatic carbocycles. The van der Waals surface area contributed by atoms with E-state index in [-0.39, 0.29) is 11.7 Å². The molecule has 1 aliphatic carbocycles. The Bertz CT molecular complexity index is 872. The van der Waals surface area contributed by atoms with E-state index < -0.39 is 17.9 Å². The normalized spacial score (nSPS) is 20.1. The molecule has 2 aromatic rings. The van der Waals surface area contributed by atoms with Crippen molar-refractivity contribution in [2.45, 2.75) is 70.4 Å². The minimum atomic E-state index is -4.92. The molecule has 0 aromatic heterocycles. The van der Waals surface area contributed by atoms with Gasteiger partial charge in [0, 0.05) is 0 Å². The maximum atomic E-state index is 14.7. The van der Waals surface area contributed by atoms with Crippen LogP contribution in [0.2, 0.25) is 0 Å². The van der Waals surface area contributed by atoms with Crippen LogP contribution >= 0.6 is 0 Å². The highest BCUT2D eigenvalue weighted by Crippen LogP contribution is 2.39. The van der Waals surface area contributed by atoms with E-state index in [4.69, 9.17) is 0 Å². The van der Waals surface area contributed by atoms with Gasteiger partial charge in [0.15, 0.2) is 5.83 Å². The van der Waals surface area contributed by atoms with Gasteiger partial charge in [-0.15, -0.1) is 0 Å². The van der Waals surface area contributed by atoms with Crippen LogP contribution in [0.5, 0.6) is 0 Å². The Morgan fingerprint density at radius 2 is 1.48 bits per heavy atom. The van der Waals surface area contributed by atoms with Crippen LogP contribution in [0.1, 0.15) is 66.7 Å². The van der Waals surface area contributed by atoms with Crippen molar-refractivity contribution in [1.82, 2.24) is 0 Å². The zero-order chi connectivity index (χ0) is 22.4. The molecule has 0 N–H and O–H groups in total. The van der Waals surface area contributed by atoms with E-state index in [1.165, 1.54) is 11.1 Å². The molecule has 31 heavy (non-hydrogen) atoms. The zero-order valence-corrected chi connectivity index (χ0v) is 17.8. The fourth-order valence-corrected chi connectivity index (χ4v) is 4.37. The minimum absolute atomic E-state index is 0.0193. The molecule has 0 amide bonds. The number of alkyl halides is 3. The van der Waals surface area contributed by atoms with E-state index in [1.54, 1.807) is 6.07 Å². The SMILES string of the molecule is Cc1ccc(CCCCc2ccc(C3CCC(C=C(F)C(F)(F)F)CC3)c(F)c2)cc1. The third kappa shape index (κ3) is 6.91. The zero-order valence-electron chi connectivity index (χ0n) is 17.8. The lowest BCUT2D eigenvalue weighted by Crippen LogP contribution is -2.15. The molecule has 0 spiro atoms. The monoisotopic (exact) mass is 436 g/mol. The van der Waals surface area contributed by atoms with Crippen molar-refractivity contribution in [3.05, 3.63) is 82.4 Å². The van der Waals surface area contributed by atoms with Gasteiger partial charge in [0.05, 0.1) is 0 Å². The Hall–Kier alpha value is -2.17. The fourth-order valence-electron chi connectivity index (χ4n) is 4.37. The summed E-state index contributed by atoms with van der Waals surface area (Å²) in [5.74, 6) is -2.71. The molecule has 1 fully saturated rings. The second kappa shape index (κ2) is 10.4. The number of unbranched alkanes of at least 4 members (excludes halogenated alkanes) is 1. The highest BCUT2D eigenvalue weighted by atomic mass is 19.4. The largest absolute Gasteiger partial charge is 0.442 e. The van der Waals surface area contributed by atoms with E-state index >= 15 is 0 Å². The summed E-state index contributed by atoms with van der Waals surface area (Å²) >= 11 is 0. The maximum absolute atomic E-state index is 14.7. The average Bonchev–Trinajstić information content (AvgIpc) is 2.73. The first-order valence-corrected chi connectivity index (χ1v) is 11.0. The van der Waals surface area contributed by atoms with Crippen LogP contribution in [0.4, 0.5) is 22.0 Å². The van der Waals surface area contributed by atoms with Gasteiger partial charge < -0.3 is 0 Å². The van der Waals surface area contributed by atoms with Gasteiger partial charge >= 0.3 is 6.18 Å². The van der Waals surface area contributed by atoms with E-state index in [1.807, 2.05) is 12.1 Å². The Morgan fingerprint density at radius 1 is 0.903 bits per heavy atom.